The lowest BCUT2D eigenvalue weighted by atomic mass is 9.79. The molecule has 2 heteroatoms. The highest BCUT2D eigenvalue weighted by atomic mass is 16.1. The van der Waals surface area contributed by atoms with Crippen molar-refractivity contribution >= 4 is 11.6 Å². The minimum absolute atomic E-state index is 0.0798. The van der Waals surface area contributed by atoms with Crippen molar-refractivity contribution in [3.63, 3.8) is 0 Å². The van der Waals surface area contributed by atoms with Crippen LogP contribution in [0.2, 0.25) is 0 Å². The Bertz CT molecular complexity index is 629. The van der Waals surface area contributed by atoms with Crippen LogP contribution in [0.4, 0.5) is 0 Å². The molecule has 0 spiro atoms. The van der Waals surface area contributed by atoms with Gasteiger partial charge in [-0.1, -0.05) is 54.6 Å². The summed E-state index contributed by atoms with van der Waals surface area (Å²) in [5.41, 5.74) is 2.27. The van der Waals surface area contributed by atoms with Crippen LogP contribution >= 0.6 is 0 Å². The molecule has 0 saturated heterocycles. The fraction of sp³-hybridized carbons (Fsp3) is 0.176. The first-order valence-electron chi connectivity index (χ1n) is 6.46. The number of carbonyl (C=O) groups is 2. The van der Waals surface area contributed by atoms with Gasteiger partial charge in [0.15, 0.2) is 11.6 Å². The second-order valence-corrected chi connectivity index (χ2v) is 4.92. The van der Waals surface area contributed by atoms with Gasteiger partial charge in [-0.15, -0.1) is 0 Å². The zero-order valence-electron chi connectivity index (χ0n) is 10.5. The Hall–Kier alpha value is -2.22. The number of Topliss-reactive ketones (excluding diaryl/α,β-unsaturated/α-hetero) is 2. The summed E-state index contributed by atoms with van der Waals surface area (Å²) in [4.78, 5) is 24.5. The number of hydrogen-bond donors (Lipinski definition) is 0. The van der Waals surface area contributed by atoms with Crippen molar-refractivity contribution in [2.45, 2.75) is 12.8 Å². The van der Waals surface area contributed by atoms with Crippen LogP contribution in [0.25, 0.3) is 0 Å². The predicted octanol–water partition coefficient (Wildman–Crippen LogP) is 3.31. The number of benzene rings is 2. The monoisotopic (exact) mass is 250 g/mol. The van der Waals surface area contributed by atoms with E-state index in [-0.39, 0.29) is 17.5 Å². The second-order valence-electron chi connectivity index (χ2n) is 4.92. The topological polar surface area (TPSA) is 34.1 Å². The molecular weight excluding hydrogens is 236 g/mol. The van der Waals surface area contributed by atoms with Crippen LogP contribution < -0.4 is 0 Å². The van der Waals surface area contributed by atoms with E-state index < -0.39 is 0 Å². The van der Waals surface area contributed by atoms with Gasteiger partial charge in [-0.25, -0.2) is 0 Å². The number of carbonyl (C=O) groups excluding carboxylic acids is 2. The highest BCUT2D eigenvalue weighted by molar-refractivity contribution is 6.14. The summed E-state index contributed by atoms with van der Waals surface area (Å²) >= 11 is 0. The highest BCUT2D eigenvalue weighted by Gasteiger charge is 2.31. The molecule has 94 valence electrons. The maximum atomic E-state index is 12.4. The summed E-state index contributed by atoms with van der Waals surface area (Å²) < 4.78 is 0. The van der Waals surface area contributed by atoms with Crippen LogP contribution in [0.15, 0.2) is 54.6 Å². The van der Waals surface area contributed by atoms with Crippen LogP contribution in [0.5, 0.6) is 0 Å². The number of ketones is 2. The molecule has 1 unspecified atom stereocenters. The Morgan fingerprint density at radius 1 is 0.842 bits per heavy atom. The van der Waals surface area contributed by atoms with Gasteiger partial charge in [0.25, 0.3) is 0 Å². The number of hydrogen-bond acceptors (Lipinski definition) is 2. The van der Waals surface area contributed by atoms with Crippen LogP contribution in [-0.4, -0.2) is 11.6 Å². The van der Waals surface area contributed by atoms with Gasteiger partial charge in [-0.2, -0.15) is 0 Å². The Morgan fingerprint density at radius 3 is 2.21 bits per heavy atom. The summed E-state index contributed by atoms with van der Waals surface area (Å²) in [5, 5.41) is 0. The van der Waals surface area contributed by atoms with Gasteiger partial charge in [-0.05, 0) is 12.0 Å². The molecule has 0 bridgehead atoms. The lowest BCUT2D eigenvalue weighted by Crippen LogP contribution is -2.28. The summed E-state index contributed by atoms with van der Waals surface area (Å²) in [5.74, 6) is -0.0417. The third-order valence-corrected chi connectivity index (χ3v) is 3.62. The Kier molecular flexibility index (Phi) is 3.00. The largest absolute Gasteiger partial charge is 0.294 e. The molecule has 0 radical (unpaired) electrons. The van der Waals surface area contributed by atoms with E-state index in [1.54, 1.807) is 12.1 Å². The standard InChI is InChI=1S/C17H14O2/c18-16-11-13(10-12-6-2-1-3-7-12)17(19)15-9-5-4-8-14(15)16/h1-9,13H,10-11H2. The Balaban J connectivity index is 1.91. The highest BCUT2D eigenvalue weighted by Crippen LogP contribution is 2.27. The quantitative estimate of drug-likeness (QED) is 0.819. The molecule has 1 atom stereocenters. The van der Waals surface area contributed by atoms with Crippen LogP contribution in [0.3, 0.4) is 0 Å². The smallest absolute Gasteiger partial charge is 0.167 e. The average molecular weight is 250 g/mol. The number of fused-ring (bicyclic) bond motifs is 1. The molecule has 2 aromatic carbocycles. The molecule has 1 aliphatic rings. The Morgan fingerprint density at radius 2 is 1.47 bits per heavy atom. The zero-order valence-corrected chi connectivity index (χ0v) is 10.5. The molecule has 1 aliphatic carbocycles. The van der Waals surface area contributed by atoms with Gasteiger partial charge in [-0.3, -0.25) is 9.59 Å². The zero-order chi connectivity index (χ0) is 13.2. The fourth-order valence-electron chi connectivity index (χ4n) is 2.65. The Labute approximate surface area is 112 Å². The summed E-state index contributed by atoms with van der Waals surface area (Å²) in [6, 6.07) is 17.0. The molecule has 0 saturated carbocycles. The summed E-state index contributed by atoms with van der Waals surface area (Å²) in [7, 11) is 0. The van der Waals surface area contributed by atoms with E-state index in [1.165, 1.54) is 0 Å². The maximum Gasteiger partial charge on any atom is 0.167 e. The SMILES string of the molecule is O=C1CC(Cc2ccccc2)C(=O)c2ccccc21. The lowest BCUT2D eigenvalue weighted by molar-refractivity contribution is 0.0823. The minimum atomic E-state index is -0.218. The molecule has 2 nitrogen and oxygen atoms in total. The maximum absolute atomic E-state index is 12.4. The number of rotatable bonds is 2. The molecule has 3 rings (SSSR count). The molecular formula is C17H14O2. The van der Waals surface area contributed by atoms with Gasteiger partial charge in [0, 0.05) is 23.5 Å². The van der Waals surface area contributed by atoms with Crippen LogP contribution in [0.1, 0.15) is 32.7 Å². The van der Waals surface area contributed by atoms with Crippen molar-refractivity contribution in [3.05, 3.63) is 71.3 Å². The van der Waals surface area contributed by atoms with Crippen molar-refractivity contribution in [3.8, 4) is 0 Å². The van der Waals surface area contributed by atoms with Crippen LogP contribution in [-0.2, 0) is 6.42 Å². The van der Waals surface area contributed by atoms with E-state index in [4.69, 9.17) is 0 Å². The summed E-state index contributed by atoms with van der Waals surface area (Å²) in [6.07, 6.45) is 0.963. The molecule has 0 aromatic heterocycles. The summed E-state index contributed by atoms with van der Waals surface area (Å²) in [6.45, 7) is 0. The van der Waals surface area contributed by atoms with Crippen molar-refractivity contribution in [1.82, 2.24) is 0 Å². The van der Waals surface area contributed by atoms with Crippen molar-refractivity contribution < 1.29 is 9.59 Å². The predicted molar refractivity (Wildman–Crippen MR) is 73.4 cm³/mol. The second kappa shape index (κ2) is 4.81. The van der Waals surface area contributed by atoms with E-state index >= 15 is 0 Å². The van der Waals surface area contributed by atoms with E-state index in [2.05, 4.69) is 0 Å². The molecule has 2 aromatic rings. The van der Waals surface area contributed by atoms with Gasteiger partial charge >= 0.3 is 0 Å². The van der Waals surface area contributed by atoms with E-state index in [0.29, 0.717) is 24.0 Å². The first-order chi connectivity index (χ1) is 9.25. The third-order valence-electron chi connectivity index (χ3n) is 3.62. The first-order valence-corrected chi connectivity index (χ1v) is 6.46. The molecule has 0 heterocycles. The van der Waals surface area contributed by atoms with Crippen molar-refractivity contribution in [1.29, 1.82) is 0 Å². The van der Waals surface area contributed by atoms with Gasteiger partial charge < -0.3 is 0 Å². The van der Waals surface area contributed by atoms with Gasteiger partial charge in [0.05, 0.1) is 0 Å². The van der Waals surface area contributed by atoms with E-state index in [9.17, 15) is 9.59 Å². The fourth-order valence-corrected chi connectivity index (χ4v) is 2.65. The molecule has 0 aliphatic heterocycles. The normalized spacial score (nSPS) is 18.2. The molecule has 0 amide bonds. The van der Waals surface area contributed by atoms with Crippen molar-refractivity contribution in [2.24, 2.45) is 5.92 Å². The lowest BCUT2D eigenvalue weighted by Gasteiger charge is -2.22. The van der Waals surface area contributed by atoms with E-state index in [0.717, 1.165) is 5.56 Å². The minimum Gasteiger partial charge on any atom is -0.294 e. The van der Waals surface area contributed by atoms with Gasteiger partial charge in [0.2, 0.25) is 0 Å². The third kappa shape index (κ3) is 2.22. The average Bonchev–Trinajstić information content (AvgIpc) is 2.46. The molecule has 0 fully saturated rings. The van der Waals surface area contributed by atoms with E-state index in [1.807, 2.05) is 42.5 Å². The molecule has 19 heavy (non-hydrogen) atoms. The first kappa shape index (κ1) is 11.8. The van der Waals surface area contributed by atoms with Gasteiger partial charge in [0.1, 0.15) is 0 Å². The van der Waals surface area contributed by atoms with Crippen molar-refractivity contribution in [2.75, 3.05) is 0 Å². The van der Waals surface area contributed by atoms with Crippen LogP contribution in [0, 0.1) is 5.92 Å². The molecule has 0 N–H and O–H groups in total.